The third-order valence-electron chi connectivity index (χ3n) is 24.3. The molecule has 10 aliphatic rings. The van der Waals surface area contributed by atoms with Crippen LogP contribution in [-0.2, 0) is 130 Å². The summed E-state index contributed by atoms with van der Waals surface area (Å²) in [6.07, 6.45) is 5.74. The number of β-amino-alcohol motifs (C(OH)–C–C–N with tert-alkyl or cyclic N) is 2. The Morgan fingerprint density at radius 3 is 1.10 bits per heavy atom. The van der Waals surface area contributed by atoms with E-state index in [4.69, 9.17) is 52.3 Å². The van der Waals surface area contributed by atoms with Crippen LogP contribution in [0.15, 0.2) is 254 Å². The number of halogens is 1. The summed E-state index contributed by atoms with van der Waals surface area (Å²) in [6, 6.07) is 72.7. The van der Waals surface area contributed by atoms with E-state index in [0.29, 0.717) is 89.2 Å². The van der Waals surface area contributed by atoms with Crippen molar-refractivity contribution < 1.29 is 115 Å². The van der Waals surface area contributed by atoms with E-state index < -0.39 is 52.5 Å². The van der Waals surface area contributed by atoms with Crippen molar-refractivity contribution in [3.63, 3.8) is 0 Å². The molecule has 10 heterocycles. The van der Waals surface area contributed by atoms with Crippen molar-refractivity contribution in [3.05, 3.63) is 288 Å². The quantitative estimate of drug-likeness (QED) is 0.00767. The predicted octanol–water partition coefficient (Wildman–Crippen LogP) is 5.80. The third kappa shape index (κ3) is 33.7. The number of ether oxygens (including phenoxy) is 8. The normalized spacial score (nSPS) is 25.7. The monoisotopic (exact) mass is 2070 g/mol. The van der Waals surface area contributed by atoms with Gasteiger partial charge in [0, 0.05) is 65.0 Å². The number of likely N-dealkylation sites (tertiary alicyclic amines) is 6. The number of carbonyl (C=O) groups is 8. The first kappa shape index (κ1) is 106. The molecular formula is C102H125IN8O23SSe. The number of aliphatic carboxylic acids is 2. The summed E-state index contributed by atoms with van der Waals surface area (Å²) in [5, 5.41) is 39.0. The van der Waals surface area contributed by atoms with Gasteiger partial charge < -0.3 is 63.7 Å². The minimum absolute atomic E-state index is 0.0586. The van der Waals surface area contributed by atoms with Crippen LogP contribution in [0.4, 0.5) is 0 Å². The number of benzene rings is 8. The van der Waals surface area contributed by atoms with Crippen molar-refractivity contribution >= 4 is 99.9 Å². The number of carboxylic acid groups (broad SMARTS) is 2. The number of alkyl halides is 1. The molecule has 31 nitrogen and oxygen atoms in total. The largest absolute Gasteiger partial charge is 0.544 e. The minimum Gasteiger partial charge on any atom is -0.544 e. The van der Waals surface area contributed by atoms with Gasteiger partial charge >= 0.3 is 179 Å². The Hall–Kier alpha value is -10.1. The summed E-state index contributed by atoms with van der Waals surface area (Å²) in [7, 11) is 9.22. The van der Waals surface area contributed by atoms with E-state index in [1.54, 1.807) is 36.0 Å². The number of nitrogens with two attached hydrogens (primary N) is 1. The molecule has 5 N–H and O–H groups in total. The topological polar surface area (TPSA) is 383 Å². The standard InChI is InChI=1S/C20H23NO5S.C19H21NO2Se.2C13H15NO3.C13H17NO3.C13H15NO2.C6H11NO3.C5H8INO2/c1-15-8-10-18(11-9-15)27(23,24)26-17-12-19(21(2)13-17)20(22)25-14-16-6-4-3-5-7-16;1-20-13-17(23-16-10-6-3-7-11-16)12-18(20)19(21)22-14-15-8-4-2-5-9-15;2*1-14-7-10-12(17-10)11(14)13(15)16-8-9-5-3-2-4-6-9;1-14-8-11(15)7-12(14)13(16)17-9-10-5-3-2-4-6-10;1-14-9-5-8-12(14)13(15)16-10-11-6-3-2-4-7-11;1-7-3-4(8)2-5(7)6(9)10;6-3-1-4(5(8)9)7-2-3/h3-11,17,19H,12-14H2,1-2H3;2-11,17-18H,12-14H2,1H3;2*2-6,10-12H,7-8H2,1H3;2-6,11-12,15H,7-9H2,1H3;2-8,12H,9-10H2,1H3;4-5,8H,2-3H2,1H3,(H,9,10);3-4,7H,1-2H2,(H,8,9)/t17-,19+;17-,18-;10-,11+,12-;10-,11-,12-;11-,12+;12-;4-,5+;3-,4+/m10101011/s1. The van der Waals surface area contributed by atoms with Gasteiger partial charge in [0.25, 0.3) is 10.1 Å². The van der Waals surface area contributed by atoms with Crippen LogP contribution in [0, 0.1) is 6.92 Å². The molecule has 0 unspecified atom stereocenters. The number of nitrogens with zero attached hydrogens (tertiary/aromatic N) is 7. The molecule has 9 fully saturated rings. The van der Waals surface area contributed by atoms with E-state index in [1.165, 1.54) is 16.6 Å². The fourth-order valence-electron chi connectivity index (χ4n) is 16.6. The van der Waals surface area contributed by atoms with Gasteiger partial charge in [0.2, 0.25) is 0 Å². The van der Waals surface area contributed by atoms with Gasteiger partial charge in [-0.1, -0.05) is 204 Å². The Balaban J connectivity index is 0.000000152. The Kier molecular flexibility index (Phi) is 41.6. The van der Waals surface area contributed by atoms with Crippen molar-refractivity contribution in [1.29, 1.82) is 0 Å². The molecule has 0 amide bonds. The first-order valence-electron chi connectivity index (χ1n) is 45.4. The summed E-state index contributed by atoms with van der Waals surface area (Å²) in [4.78, 5) is 107. The van der Waals surface area contributed by atoms with Crippen LogP contribution < -0.4 is 14.9 Å². The molecule has 8 aromatic rings. The zero-order valence-corrected chi connectivity index (χ0v) is 82.5. The maximum atomic E-state index is 12.4. The van der Waals surface area contributed by atoms with Crippen LogP contribution in [0.2, 0.25) is 4.82 Å². The van der Waals surface area contributed by atoms with Crippen LogP contribution in [0.3, 0.4) is 0 Å². The molecule has 0 spiro atoms. The Bertz CT molecular complexity index is 5150. The first-order valence-corrected chi connectivity index (χ1v) is 49.9. The van der Waals surface area contributed by atoms with Crippen LogP contribution in [0.1, 0.15) is 71.0 Å². The van der Waals surface area contributed by atoms with Crippen LogP contribution in [0.25, 0.3) is 0 Å². The first-order chi connectivity index (χ1) is 65.3. The maximum absolute atomic E-state index is 12.4. The van der Waals surface area contributed by atoms with Crippen molar-refractivity contribution in [1.82, 2.24) is 34.3 Å². The number of fused-ring (bicyclic) bond motifs is 2. The molecule has 10 aliphatic heterocycles. The van der Waals surface area contributed by atoms with E-state index in [2.05, 4.69) is 51.8 Å². The number of rotatable bonds is 25. The van der Waals surface area contributed by atoms with Gasteiger partial charge in [0.1, 0.15) is 87.5 Å². The molecule has 136 heavy (non-hydrogen) atoms. The molecule has 0 aromatic heterocycles. The average molecular weight is 2070 g/mol. The SMILES string of the molecule is CN1CC=C[C@H]1C(=O)OCc1ccccc1.CN1C[C@@H]([Se]c2ccccc2)C[C@H]1C(=O)OCc1ccccc1.CN1C[C@@H]2O[C@@H]2[C@H]1C(=O)OCc1ccccc1.CN1C[C@H](O)C[C@H]1C(=O)O.CN1C[C@H](O)C[C@H]1C(=O)OCc1ccccc1.CN1C[C@H]2O[C@H]2[C@H]1C(=O)OCc1ccccc1.Cc1ccc(S(=O)(=O)O[C@@H]2C[C@@H](C(=O)OCc3ccccc3)N(C)C2)cc1.O=C([O-])[C@@H]1C[C@@H](I)C[NH2+]1. The van der Waals surface area contributed by atoms with Crippen LogP contribution in [0.5, 0.6) is 0 Å². The number of hydrogen-bond donors (Lipinski definition) is 4. The van der Waals surface area contributed by atoms with Crippen molar-refractivity contribution in [2.75, 3.05) is 102 Å². The molecule has 0 aliphatic carbocycles. The predicted molar refractivity (Wildman–Crippen MR) is 514 cm³/mol. The van der Waals surface area contributed by atoms with Crippen molar-refractivity contribution in [2.24, 2.45) is 0 Å². The molecule has 0 radical (unpaired) electrons. The van der Waals surface area contributed by atoms with Crippen LogP contribution >= 0.6 is 22.6 Å². The van der Waals surface area contributed by atoms with E-state index in [-0.39, 0.29) is 114 Å². The van der Waals surface area contributed by atoms with Crippen LogP contribution in [-0.4, -0.2) is 317 Å². The number of aliphatic hydroxyl groups is 2. The number of carboxylic acids is 2. The number of esters is 6. The van der Waals surface area contributed by atoms with Gasteiger partial charge in [-0.25, -0.2) is 4.79 Å². The minimum atomic E-state index is -3.87. The number of epoxide rings is 2. The molecule has 730 valence electrons. The van der Waals surface area contributed by atoms with Gasteiger partial charge in [-0.05, 0) is 89.2 Å². The number of aliphatic hydroxyl groups excluding tert-OH is 2. The summed E-state index contributed by atoms with van der Waals surface area (Å²) in [5.74, 6) is -3.04. The zero-order valence-electron chi connectivity index (χ0n) is 77.8. The number of hydrogen-bond acceptors (Lipinski definition) is 29. The summed E-state index contributed by atoms with van der Waals surface area (Å²) in [6.45, 7) is 9.44. The van der Waals surface area contributed by atoms with Gasteiger partial charge in [-0.15, -0.1) is 0 Å². The summed E-state index contributed by atoms with van der Waals surface area (Å²) >= 11 is 2.66. The second-order valence-corrected chi connectivity index (χ2v) is 41.3. The number of likely N-dealkylation sites (N-methyl/N-ethyl adjacent to an activating group) is 7. The second kappa shape index (κ2) is 53.2. The van der Waals surface area contributed by atoms with E-state index in [9.17, 15) is 57.0 Å². The molecule has 9 saturated heterocycles. The molecule has 34 heteroatoms. The van der Waals surface area contributed by atoms with Gasteiger partial charge in [0.15, 0.2) is 0 Å². The third-order valence-corrected chi connectivity index (χ3v) is 29.2. The Morgan fingerprint density at radius 2 is 0.779 bits per heavy atom. The van der Waals surface area contributed by atoms with Gasteiger partial charge in [-0.3, -0.25) is 57.6 Å². The second-order valence-electron chi connectivity index (χ2n) is 35.1. The average Bonchev–Trinajstić information content (AvgIpc) is 1.60. The summed E-state index contributed by atoms with van der Waals surface area (Å²) in [5.41, 5.74) is 6.91. The molecule has 18 rings (SSSR count). The van der Waals surface area contributed by atoms with E-state index >= 15 is 0 Å². The molecule has 8 aromatic carbocycles. The van der Waals surface area contributed by atoms with Gasteiger partial charge in [0.05, 0.1) is 51.9 Å². The number of quaternary nitrogens is 1. The maximum Gasteiger partial charge on any atom is 0.326 e. The molecule has 17 atom stereocenters. The van der Waals surface area contributed by atoms with Crippen molar-refractivity contribution in [2.45, 2.75) is 183 Å². The van der Waals surface area contributed by atoms with E-state index in [0.717, 1.165) is 84.5 Å². The number of aryl methyl sites for hydroxylation is 1. The molecular weight excluding hydrogens is 1940 g/mol. The number of carbonyl (C=O) groups excluding carboxylic acids is 7. The zero-order chi connectivity index (χ0) is 97.4. The van der Waals surface area contributed by atoms with Crippen molar-refractivity contribution in [3.8, 4) is 0 Å². The fourth-order valence-corrected chi connectivity index (χ4v) is 21.2. The van der Waals surface area contributed by atoms with E-state index in [1.807, 2.05) is 267 Å². The number of morpholine rings is 2. The molecule has 0 saturated carbocycles. The Morgan fingerprint density at radius 1 is 0.426 bits per heavy atom. The summed E-state index contributed by atoms with van der Waals surface area (Å²) < 4.78 is 74.9. The fraction of sp³-hybridized carbons (Fsp3) is 0.431. The molecule has 0 bridgehead atoms. The van der Waals surface area contributed by atoms with Gasteiger partial charge in [-0.2, -0.15) is 8.42 Å². The Labute approximate surface area is 816 Å². The smallest absolute Gasteiger partial charge is 0.326 e.